The van der Waals surface area contributed by atoms with Crippen molar-refractivity contribution in [1.29, 1.82) is 0 Å². The molecule has 1 aliphatic heterocycles. The molecule has 0 bridgehead atoms. The smallest absolute Gasteiger partial charge is 0.259 e. The highest BCUT2D eigenvalue weighted by Crippen LogP contribution is 2.25. The fraction of sp³-hybridized carbons (Fsp3) is 0.562. The van der Waals surface area contributed by atoms with Gasteiger partial charge in [0.05, 0.1) is 5.39 Å². The van der Waals surface area contributed by atoms with Gasteiger partial charge in [-0.1, -0.05) is 0 Å². The van der Waals surface area contributed by atoms with Gasteiger partial charge in [0.15, 0.2) is 0 Å². The van der Waals surface area contributed by atoms with Crippen LogP contribution in [0.3, 0.4) is 0 Å². The van der Waals surface area contributed by atoms with Gasteiger partial charge in [-0.2, -0.15) is 0 Å². The van der Waals surface area contributed by atoms with Crippen LogP contribution in [0.1, 0.15) is 35.5 Å². The number of aryl methyl sites for hydroxylation is 3. The van der Waals surface area contributed by atoms with Gasteiger partial charge in [-0.25, -0.2) is 4.98 Å². The molecule has 2 aromatic heterocycles. The Labute approximate surface area is 150 Å². The highest BCUT2D eigenvalue weighted by Gasteiger charge is 2.16. The lowest BCUT2D eigenvalue weighted by atomic mass is 10.1. The zero-order chi connectivity index (χ0) is 16.4. The highest BCUT2D eigenvalue weighted by molar-refractivity contribution is 7.18. The highest BCUT2D eigenvalue weighted by atomic mass is 35.5. The van der Waals surface area contributed by atoms with Crippen LogP contribution in [0, 0.1) is 13.8 Å². The molecule has 2 aromatic rings. The summed E-state index contributed by atoms with van der Waals surface area (Å²) in [4.78, 5) is 33.4. The first-order chi connectivity index (χ1) is 11.0. The van der Waals surface area contributed by atoms with Crippen molar-refractivity contribution in [1.82, 2.24) is 20.6 Å². The summed E-state index contributed by atoms with van der Waals surface area (Å²) in [6, 6.07) is 0.216. The number of carbonyl (C=O) groups excluding carboxylic acids is 1. The minimum Gasteiger partial charge on any atom is -0.352 e. The van der Waals surface area contributed by atoms with E-state index in [0.717, 1.165) is 41.2 Å². The first kappa shape index (κ1) is 18.9. The van der Waals surface area contributed by atoms with Crippen molar-refractivity contribution in [2.24, 2.45) is 0 Å². The van der Waals surface area contributed by atoms with E-state index in [1.165, 1.54) is 11.3 Å². The van der Waals surface area contributed by atoms with E-state index < -0.39 is 0 Å². The van der Waals surface area contributed by atoms with Gasteiger partial charge < -0.3 is 15.6 Å². The first-order valence-electron chi connectivity index (χ1n) is 8.03. The molecular weight excluding hydrogens is 348 g/mol. The van der Waals surface area contributed by atoms with E-state index in [0.29, 0.717) is 24.1 Å². The molecule has 24 heavy (non-hydrogen) atoms. The molecule has 1 aliphatic rings. The fourth-order valence-corrected chi connectivity index (χ4v) is 3.97. The predicted octanol–water partition coefficient (Wildman–Crippen LogP) is 1.82. The normalized spacial score (nSPS) is 17.5. The third kappa shape index (κ3) is 4.15. The number of rotatable bonds is 4. The van der Waals surface area contributed by atoms with Crippen molar-refractivity contribution in [3.05, 3.63) is 26.6 Å². The zero-order valence-electron chi connectivity index (χ0n) is 13.9. The third-order valence-corrected chi connectivity index (χ3v) is 5.44. The van der Waals surface area contributed by atoms with Gasteiger partial charge in [0.25, 0.3) is 5.56 Å². The first-order valence-corrected chi connectivity index (χ1v) is 8.85. The van der Waals surface area contributed by atoms with Gasteiger partial charge in [-0.3, -0.25) is 9.59 Å². The molecule has 0 saturated carbocycles. The van der Waals surface area contributed by atoms with Gasteiger partial charge in [-0.05, 0) is 38.8 Å². The molecule has 1 amide bonds. The molecule has 1 saturated heterocycles. The summed E-state index contributed by atoms with van der Waals surface area (Å²) in [6.45, 7) is 5.79. The summed E-state index contributed by atoms with van der Waals surface area (Å²) < 4.78 is 0. The molecule has 6 nitrogen and oxygen atoms in total. The standard InChI is InChI=1S/C16H22N4O2S.ClH/c1-9-10(2)23-16-14(9)15(22)19-12(20-16)5-6-13(21)18-11-4-3-7-17-8-11;/h11,17H,3-8H2,1-2H3,(H,18,21)(H,19,20,22);1H. The second-order valence-electron chi connectivity index (χ2n) is 6.09. The van der Waals surface area contributed by atoms with Crippen LogP contribution in [0.2, 0.25) is 0 Å². The van der Waals surface area contributed by atoms with E-state index in [2.05, 4.69) is 20.6 Å². The fourth-order valence-electron chi connectivity index (χ4n) is 2.92. The number of hydrogen-bond donors (Lipinski definition) is 3. The zero-order valence-corrected chi connectivity index (χ0v) is 15.5. The number of thiophene rings is 1. The quantitative estimate of drug-likeness (QED) is 0.766. The van der Waals surface area contributed by atoms with E-state index >= 15 is 0 Å². The maximum atomic E-state index is 12.2. The van der Waals surface area contributed by atoms with Crippen molar-refractivity contribution in [2.45, 2.75) is 45.6 Å². The van der Waals surface area contributed by atoms with Crippen LogP contribution < -0.4 is 16.2 Å². The number of halogens is 1. The minimum atomic E-state index is -0.108. The predicted molar refractivity (Wildman–Crippen MR) is 99.3 cm³/mol. The number of nitrogens with zero attached hydrogens (tertiary/aromatic N) is 1. The number of aromatic nitrogens is 2. The maximum Gasteiger partial charge on any atom is 0.259 e. The lowest BCUT2D eigenvalue weighted by molar-refractivity contribution is -0.121. The molecule has 132 valence electrons. The maximum absolute atomic E-state index is 12.2. The molecule has 3 N–H and O–H groups in total. The molecule has 3 rings (SSSR count). The molecular formula is C16H23ClN4O2S. The lowest BCUT2D eigenvalue weighted by Gasteiger charge is -2.23. The lowest BCUT2D eigenvalue weighted by Crippen LogP contribution is -2.45. The number of fused-ring (bicyclic) bond motifs is 1. The number of aromatic amines is 1. The van der Waals surface area contributed by atoms with Gasteiger partial charge in [-0.15, -0.1) is 23.7 Å². The Morgan fingerprint density at radius 3 is 2.92 bits per heavy atom. The second kappa shape index (κ2) is 8.09. The van der Waals surface area contributed by atoms with Crippen LogP contribution in [0.25, 0.3) is 10.2 Å². The Bertz CT molecular complexity index is 780. The topological polar surface area (TPSA) is 86.9 Å². The van der Waals surface area contributed by atoms with Crippen LogP contribution in [-0.2, 0) is 11.2 Å². The van der Waals surface area contributed by atoms with Crippen molar-refractivity contribution in [3.63, 3.8) is 0 Å². The molecule has 1 unspecified atom stereocenters. The van der Waals surface area contributed by atoms with Crippen molar-refractivity contribution < 1.29 is 4.79 Å². The summed E-state index contributed by atoms with van der Waals surface area (Å²) in [5, 5.41) is 6.99. The Morgan fingerprint density at radius 2 is 2.21 bits per heavy atom. The monoisotopic (exact) mass is 370 g/mol. The van der Waals surface area contributed by atoms with Crippen molar-refractivity contribution in [3.8, 4) is 0 Å². The largest absolute Gasteiger partial charge is 0.352 e. The van der Waals surface area contributed by atoms with Gasteiger partial charge in [0.2, 0.25) is 5.91 Å². The number of H-pyrrole nitrogens is 1. The Hall–Kier alpha value is -1.44. The minimum absolute atomic E-state index is 0. The van der Waals surface area contributed by atoms with E-state index in [-0.39, 0.29) is 29.9 Å². The summed E-state index contributed by atoms with van der Waals surface area (Å²) >= 11 is 1.53. The summed E-state index contributed by atoms with van der Waals surface area (Å²) in [5.74, 6) is 0.598. The van der Waals surface area contributed by atoms with Crippen molar-refractivity contribution in [2.75, 3.05) is 13.1 Å². The molecule has 0 aliphatic carbocycles. The van der Waals surface area contributed by atoms with E-state index in [4.69, 9.17) is 0 Å². The van der Waals surface area contributed by atoms with Crippen LogP contribution in [-0.4, -0.2) is 35.0 Å². The van der Waals surface area contributed by atoms with E-state index in [1.807, 2.05) is 13.8 Å². The molecule has 3 heterocycles. The van der Waals surface area contributed by atoms with Crippen molar-refractivity contribution >= 4 is 39.9 Å². The number of hydrogen-bond acceptors (Lipinski definition) is 5. The van der Waals surface area contributed by atoms with Crippen LogP contribution in [0.15, 0.2) is 4.79 Å². The van der Waals surface area contributed by atoms with Gasteiger partial charge in [0, 0.05) is 30.3 Å². The van der Waals surface area contributed by atoms with E-state index in [1.54, 1.807) is 0 Å². The summed E-state index contributed by atoms with van der Waals surface area (Å²) in [5.41, 5.74) is 0.886. The Morgan fingerprint density at radius 1 is 1.42 bits per heavy atom. The second-order valence-corrected chi connectivity index (χ2v) is 7.29. The van der Waals surface area contributed by atoms with Crippen LogP contribution >= 0.6 is 23.7 Å². The molecule has 0 spiro atoms. The number of carbonyl (C=O) groups is 1. The van der Waals surface area contributed by atoms with Gasteiger partial charge in [0.1, 0.15) is 10.7 Å². The molecule has 0 aromatic carbocycles. The molecule has 0 radical (unpaired) electrons. The van der Waals surface area contributed by atoms with Crippen LogP contribution in [0.4, 0.5) is 0 Å². The van der Waals surface area contributed by atoms with Gasteiger partial charge >= 0.3 is 0 Å². The third-order valence-electron chi connectivity index (χ3n) is 4.34. The average Bonchev–Trinajstić information content (AvgIpc) is 2.81. The van der Waals surface area contributed by atoms with Crippen LogP contribution in [0.5, 0.6) is 0 Å². The Balaban J connectivity index is 0.00000208. The molecule has 8 heteroatoms. The SMILES string of the molecule is Cc1sc2nc(CCC(=O)NC3CCCNC3)[nH]c(=O)c2c1C.Cl. The molecule has 1 fully saturated rings. The Kier molecular flexibility index (Phi) is 6.37. The summed E-state index contributed by atoms with van der Waals surface area (Å²) in [6.07, 6.45) is 2.91. The number of amides is 1. The van der Waals surface area contributed by atoms with E-state index in [9.17, 15) is 9.59 Å². The molecule has 1 atom stereocenters. The summed E-state index contributed by atoms with van der Waals surface area (Å²) in [7, 11) is 0. The number of nitrogens with one attached hydrogen (secondary N) is 3. The average molecular weight is 371 g/mol. The number of piperidine rings is 1.